The number of hydrogen-bond donors (Lipinski definition) is 1. The van der Waals surface area contributed by atoms with Gasteiger partial charge in [-0.2, -0.15) is 28.7 Å². The maximum atomic E-state index is 13.2. The molecule has 0 aliphatic rings. The zero-order chi connectivity index (χ0) is 24.3. The number of unbranched alkanes of at least 4 members (excludes halogenated alkanes) is 1. The van der Waals surface area contributed by atoms with Crippen LogP contribution in [0.1, 0.15) is 82.2 Å². The predicted molar refractivity (Wildman–Crippen MR) is 119 cm³/mol. The molecule has 1 N–H and O–H groups in total. The molecule has 0 fully saturated rings. The van der Waals surface area contributed by atoms with Gasteiger partial charge >= 0.3 is 6.18 Å². The first-order chi connectivity index (χ1) is 14.6. The van der Waals surface area contributed by atoms with Crippen LogP contribution in [0.15, 0.2) is 23.2 Å². The molecule has 0 aliphatic heterocycles. The van der Waals surface area contributed by atoms with Crippen molar-refractivity contribution in [2.24, 2.45) is 4.99 Å². The molecule has 1 aromatic carbocycles. The van der Waals surface area contributed by atoms with E-state index >= 15 is 0 Å². The number of carbonyl (C=O) groups excluding carboxylic acids is 1. The molecule has 0 atom stereocenters. The van der Waals surface area contributed by atoms with E-state index in [2.05, 4.69) is 15.6 Å². The fraction of sp³-hybridized carbons (Fsp3) is 0.591. The number of carbonyl (C=O) groups is 1. The topological polar surface area (TPSA) is 68.5 Å². The van der Waals surface area contributed by atoms with Crippen molar-refractivity contribution in [3.8, 4) is 5.75 Å². The number of halogens is 3. The smallest absolute Gasteiger partial charge is 0.407 e. The van der Waals surface area contributed by atoms with Crippen molar-refractivity contribution < 1.29 is 22.8 Å². The average Bonchev–Trinajstić information content (AvgIpc) is 3.06. The third kappa shape index (κ3) is 7.16. The third-order valence-corrected chi connectivity index (χ3v) is 5.56. The fourth-order valence-corrected chi connectivity index (χ4v) is 3.45. The Bertz CT molecular complexity index is 1010. The molecule has 1 aromatic heterocycles. The molecule has 6 nitrogen and oxygen atoms in total. The Morgan fingerprint density at radius 1 is 1.19 bits per heavy atom. The highest BCUT2D eigenvalue weighted by Gasteiger charge is 2.32. The van der Waals surface area contributed by atoms with E-state index < -0.39 is 23.2 Å². The summed E-state index contributed by atoms with van der Waals surface area (Å²) in [5.74, 6) is -0.928. The Balaban J connectivity index is 2.54. The summed E-state index contributed by atoms with van der Waals surface area (Å²) in [5, 5.41) is 5.42. The van der Waals surface area contributed by atoms with E-state index in [4.69, 9.17) is 4.84 Å². The van der Waals surface area contributed by atoms with Crippen LogP contribution in [0.4, 0.5) is 13.2 Å². The second kappa shape index (κ2) is 9.74. The van der Waals surface area contributed by atoms with Crippen LogP contribution >= 0.6 is 11.3 Å². The summed E-state index contributed by atoms with van der Waals surface area (Å²) in [7, 11) is 0. The first kappa shape index (κ1) is 26.1. The number of amides is 1. The largest absolute Gasteiger partial charge is 0.416 e. The fourth-order valence-electron chi connectivity index (χ4n) is 2.46. The zero-order valence-corrected chi connectivity index (χ0v) is 20.4. The number of nitrogens with one attached hydrogen (secondary N) is 1. The van der Waals surface area contributed by atoms with Gasteiger partial charge in [-0.3, -0.25) is 4.79 Å². The molecule has 0 radical (unpaired) electrons. The summed E-state index contributed by atoms with van der Waals surface area (Å²) in [6, 6.07) is 2.75. The molecule has 178 valence electrons. The number of aromatic nitrogens is 2. The average molecular weight is 473 g/mol. The summed E-state index contributed by atoms with van der Waals surface area (Å²) >= 11 is 1.30. The molecule has 32 heavy (non-hydrogen) atoms. The maximum absolute atomic E-state index is 13.2. The van der Waals surface area contributed by atoms with Crippen LogP contribution in [0, 0.1) is 0 Å². The van der Waals surface area contributed by atoms with Gasteiger partial charge in [0.2, 0.25) is 4.80 Å². The monoisotopic (exact) mass is 472 g/mol. The van der Waals surface area contributed by atoms with Gasteiger partial charge in [-0.1, -0.05) is 45.5 Å². The molecule has 1 heterocycles. The summed E-state index contributed by atoms with van der Waals surface area (Å²) in [6.07, 6.45) is -2.77. The lowest BCUT2D eigenvalue weighted by atomic mass is 9.98. The number of alkyl halides is 3. The van der Waals surface area contributed by atoms with Gasteiger partial charge in [-0.05, 0) is 45.4 Å². The minimum absolute atomic E-state index is 0.0671. The lowest BCUT2D eigenvalue weighted by molar-refractivity contribution is -0.137. The van der Waals surface area contributed by atoms with E-state index in [1.807, 2.05) is 27.7 Å². The molecule has 0 bridgehead atoms. The molecule has 0 saturated heterocycles. The zero-order valence-electron chi connectivity index (χ0n) is 19.6. The molecule has 2 aromatic rings. The highest BCUT2D eigenvalue weighted by Crippen LogP contribution is 2.33. The lowest BCUT2D eigenvalue weighted by Gasteiger charge is -2.21. The normalized spacial score (nSPS) is 13.5. The van der Waals surface area contributed by atoms with Gasteiger partial charge in [0.15, 0.2) is 5.75 Å². The van der Waals surface area contributed by atoms with Crippen molar-refractivity contribution in [3.05, 3.63) is 39.1 Å². The molecule has 0 aliphatic carbocycles. The van der Waals surface area contributed by atoms with Crippen molar-refractivity contribution in [2.45, 2.75) is 85.0 Å². The number of aryl methyl sites for hydroxylation is 1. The lowest BCUT2D eigenvalue weighted by Crippen LogP contribution is -2.38. The van der Waals surface area contributed by atoms with E-state index in [1.54, 1.807) is 25.5 Å². The maximum Gasteiger partial charge on any atom is 0.416 e. The van der Waals surface area contributed by atoms with Gasteiger partial charge < -0.3 is 4.84 Å². The van der Waals surface area contributed by atoms with Crippen molar-refractivity contribution in [1.82, 2.24) is 15.3 Å². The number of hydroxylamine groups is 1. The predicted octanol–water partition coefficient (Wildman–Crippen LogP) is 5.48. The second-order valence-corrected chi connectivity index (χ2v) is 10.6. The van der Waals surface area contributed by atoms with Crippen LogP contribution in [0.2, 0.25) is 0 Å². The molecule has 0 unspecified atom stereocenters. The van der Waals surface area contributed by atoms with E-state index in [1.165, 1.54) is 11.3 Å². The van der Waals surface area contributed by atoms with E-state index in [0.717, 1.165) is 36.0 Å². The molecule has 0 spiro atoms. The third-order valence-electron chi connectivity index (χ3n) is 4.19. The van der Waals surface area contributed by atoms with Crippen LogP contribution < -0.4 is 15.1 Å². The molecular weight excluding hydrogens is 441 g/mol. The van der Waals surface area contributed by atoms with Crippen molar-refractivity contribution in [1.29, 1.82) is 0 Å². The van der Waals surface area contributed by atoms with Crippen LogP contribution in [0.25, 0.3) is 0 Å². The Morgan fingerprint density at radius 3 is 2.38 bits per heavy atom. The molecule has 0 saturated carbocycles. The second-order valence-electron chi connectivity index (χ2n) is 9.60. The summed E-state index contributed by atoms with van der Waals surface area (Å²) in [4.78, 5) is 23.0. The van der Waals surface area contributed by atoms with Crippen LogP contribution in [0.5, 0.6) is 5.75 Å². The van der Waals surface area contributed by atoms with Gasteiger partial charge in [0.25, 0.3) is 5.91 Å². The van der Waals surface area contributed by atoms with Crippen molar-refractivity contribution in [3.63, 3.8) is 0 Å². The Kier molecular flexibility index (Phi) is 7.93. The molecule has 1 amide bonds. The summed E-state index contributed by atoms with van der Waals surface area (Å²) < 4.78 is 41.3. The Labute approximate surface area is 190 Å². The molecular formula is C22H31F3N4O2S. The SMILES string of the molecule is CCCCn1nc(C(C)(C)C)sc1=NC(=O)c1ccc(C(F)(F)F)cc1ONC(C)(C)C. The minimum atomic E-state index is -4.57. The minimum Gasteiger partial charge on any atom is -0.407 e. The van der Waals surface area contributed by atoms with E-state index in [-0.39, 0.29) is 16.7 Å². The first-order valence-electron chi connectivity index (χ1n) is 10.4. The summed E-state index contributed by atoms with van der Waals surface area (Å²) in [6.45, 7) is 14.0. The Hall–Kier alpha value is -2.20. The Morgan fingerprint density at radius 2 is 1.84 bits per heavy atom. The van der Waals surface area contributed by atoms with E-state index in [0.29, 0.717) is 11.3 Å². The molecule has 10 heteroatoms. The standard InChI is InChI=1S/C22H31F3N4O2S/c1-8-9-12-29-19(32-18(27-29)20(2,3)4)26-17(30)15-11-10-14(22(23,24)25)13-16(15)31-28-21(5,6)7/h10-11,13,28H,8-9,12H2,1-7H3. The number of nitrogens with zero attached hydrogens (tertiary/aromatic N) is 3. The van der Waals surface area contributed by atoms with E-state index in [9.17, 15) is 18.0 Å². The highest BCUT2D eigenvalue weighted by molar-refractivity contribution is 7.09. The van der Waals surface area contributed by atoms with Gasteiger partial charge in [0.05, 0.1) is 11.1 Å². The van der Waals surface area contributed by atoms with Gasteiger partial charge in [0, 0.05) is 17.5 Å². The van der Waals surface area contributed by atoms with Gasteiger partial charge in [-0.25, -0.2) is 4.68 Å². The molecule has 2 rings (SSSR count). The van der Waals surface area contributed by atoms with Crippen molar-refractivity contribution in [2.75, 3.05) is 0 Å². The van der Waals surface area contributed by atoms with Crippen LogP contribution in [-0.4, -0.2) is 21.2 Å². The highest BCUT2D eigenvalue weighted by atomic mass is 32.1. The van der Waals surface area contributed by atoms with Crippen LogP contribution in [-0.2, 0) is 18.1 Å². The van der Waals surface area contributed by atoms with Gasteiger partial charge in [-0.15, -0.1) is 0 Å². The van der Waals surface area contributed by atoms with Crippen molar-refractivity contribution >= 4 is 17.2 Å². The number of benzene rings is 1. The number of rotatable bonds is 6. The number of hydrogen-bond acceptors (Lipinski definition) is 5. The van der Waals surface area contributed by atoms with Crippen LogP contribution in [0.3, 0.4) is 0 Å². The first-order valence-corrected chi connectivity index (χ1v) is 11.3. The summed E-state index contributed by atoms with van der Waals surface area (Å²) in [5.41, 5.74) is 0.910. The van der Waals surface area contributed by atoms with Gasteiger partial charge in [0.1, 0.15) is 5.01 Å². The quantitative estimate of drug-likeness (QED) is 0.565.